The predicted molar refractivity (Wildman–Crippen MR) is 68.1 cm³/mol. The molecule has 3 rings (SSSR count). The van der Waals surface area contributed by atoms with Crippen LogP contribution in [0.3, 0.4) is 0 Å². The average molecular weight is 262 g/mol. The van der Waals surface area contributed by atoms with E-state index < -0.39 is 11.7 Å². The molecule has 0 aliphatic rings. The Balaban J connectivity index is 2.29. The van der Waals surface area contributed by atoms with Crippen molar-refractivity contribution in [2.24, 2.45) is 0 Å². The van der Waals surface area contributed by atoms with Gasteiger partial charge in [0.1, 0.15) is 5.75 Å². The molecule has 1 nitrogen and oxygen atoms in total. The number of hydrogen-bond donors (Lipinski definition) is 1. The molecule has 0 amide bonds. The lowest BCUT2D eigenvalue weighted by Crippen LogP contribution is -2.04. The molecule has 0 radical (unpaired) electrons. The number of hydrogen-bond acceptors (Lipinski definition) is 1. The maximum absolute atomic E-state index is 12.6. The summed E-state index contributed by atoms with van der Waals surface area (Å²) in [6, 6.07) is 11.9. The summed E-state index contributed by atoms with van der Waals surface area (Å²) in [4.78, 5) is 0. The molecule has 0 aliphatic carbocycles. The van der Waals surface area contributed by atoms with E-state index in [1.807, 2.05) is 0 Å². The van der Waals surface area contributed by atoms with Crippen LogP contribution in [0.25, 0.3) is 21.5 Å². The lowest BCUT2D eigenvalue weighted by Gasteiger charge is -2.08. The number of fused-ring (bicyclic) bond motifs is 2. The number of halogens is 3. The van der Waals surface area contributed by atoms with Crippen molar-refractivity contribution in [3.63, 3.8) is 0 Å². The van der Waals surface area contributed by atoms with Gasteiger partial charge in [0.15, 0.2) is 0 Å². The molecule has 96 valence electrons. The van der Waals surface area contributed by atoms with Crippen molar-refractivity contribution < 1.29 is 18.3 Å². The smallest absolute Gasteiger partial charge is 0.416 e. The Morgan fingerprint density at radius 1 is 0.684 bits per heavy atom. The molecule has 0 atom stereocenters. The van der Waals surface area contributed by atoms with Crippen LogP contribution in [0.15, 0.2) is 48.5 Å². The van der Waals surface area contributed by atoms with Crippen molar-refractivity contribution in [1.82, 2.24) is 0 Å². The van der Waals surface area contributed by atoms with Crippen LogP contribution in [0.1, 0.15) is 5.56 Å². The summed E-state index contributed by atoms with van der Waals surface area (Å²) in [5.74, 6) is 0.138. The second kappa shape index (κ2) is 3.88. The number of alkyl halides is 3. The highest BCUT2D eigenvalue weighted by molar-refractivity contribution is 5.98. The largest absolute Gasteiger partial charge is 0.508 e. The van der Waals surface area contributed by atoms with Crippen LogP contribution in [0.2, 0.25) is 0 Å². The molecule has 0 heterocycles. The molecule has 0 bridgehead atoms. The van der Waals surface area contributed by atoms with E-state index in [9.17, 15) is 18.3 Å². The fourth-order valence-corrected chi connectivity index (χ4v) is 2.16. The number of phenolic OH excluding ortho intramolecular Hbond substituents is 1. The van der Waals surface area contributed by atoms with Crippen molar-refractivity contribution in [3.8, 4) is 5.75 Å². The maximum Gasteiger partial charge on any atom is 0.416 e. The van der Waals surface area contributed by atoms with Crippen LogP contribution in [-0.2, 0) is 6.18 Å². The standard InChI is InChI=1S/C15H9F3O/c16-15(17,18)13-3-1-9-6-12-8-14(19)4-2-10(12)5-11(9)7-13/h1-8,19H. The van der Waals surface area contributed by atoms with Gasteiger partial charge >= 0.3 is 6.18 Å². The van der Waals surface area contributed by atoms with E-state index >= 15 is 0 Å². The van der Waals surface area contributed by atoms with Crippen molar-refractivity contribution in [2.75, 3.05) is 0 Å². The molecule has 19 heavy (non-hydrogen) atoms. The molecule has 0 unspecified atom stereocenters. The van der Waals surface area contributed by atoms with Gasteiger partial charge in [-0.25, -0.2) is 0 Å². The first-order valence-electron chi connectivity index (χ1n) is 5.67. The molecule has 1 N–H and O–H groups in total. The molecular formula is C15H9F3O. The number of benzene rings is 3. The average Bonchev–Trinajstić information content (AvgIpc) is 2.34. The van der Waals surface area contributed by atoms with E-state index in [1.54, 1.807) is 24.3 Å². The fourth-order valence-electron chi connectivity index (χ4n) is 2.16. The second-order valence-electron chi connectivity index (χ2n) is 4.44. The van der Waals surface area contributed by atoms with E-state index in [0.29, 0.717) is 10.8 Å². The molecule has 0 spiro atoms. The van der Waals surface area contributed by atoms with Gasteiger partial charge in [-0.05, 0) is 57.9 Å². The Bertz CT molecular complexity index is 775. The highest BCUT2D eigenvalue weighted by Gasteiger charge is 2.30. The quantitative estimate of drug-likeness (QED) is 0.581. The van der Waals surface area contributed by atoms with Crippen LogP contribution in [0, 0.1) is 0 Å². The first-order chi connectivity index (χ1) is 8.93. The minimum absolute atomic E-state index is 0.138. The zero-order valence-electron chi connectivity index (χ0n) is 9.70. The fraction of sp³-hybridized carbons (Fsp3) is 0.0667. The molecule has 0 fully saturated rings. The predicted octanol–water partition coefficient (Wildman–Crippen LogP) is 4.72. The van der Waals surface area contributed by atoms with Crippen LogP contribution < -0.4 is 0 Å². The van der Waals surface area contributed by atoms with Gasteiger partial charge in [0.2, 0.25) is 0 Å². The van der Waals surface area contributed by atoms with Crippen LogP contribution in [0.4, 0.5) is 13.2 Å². The first-order valence-corrected chi connectivity index (χ1v) is 5.67. The Morgan fingerprint density at radius 2 is 1.26 bits per heavy atom. The van der Waals surface area contributed by atoms with E-state index in [2.05, 4.69) is 0 Å². The molecule has 0 saturated carbocycles. The van der Waals surface area contributed by atoms with Crippen LogP contribution in [0.5, 0.6) is 5.75 Å². The highest BCUT2D eigenvalue weighted by atomic mass is 19.4. The lowest BCUT2D eigenvalue weighted by atomic mass is 10.0. The summed E-state index contributed by atoms with van der Waals surface area (Å²) in [6.45, 7) is 0. The van der Waals surface area contributed by atoms with Crippen molar-refractivity contribution in [1.29, 1.82) is 0 Å². The summed E-state index contributed by atoms with van der Waals surface area (Å²) in [6.07, 6.45) is -4.34. The third-order valence-corrected chi connectivity index (χ3v) is 3.11. The zero-order chi connectivity index (χ0) is 13.6. The van der Waals surface area contributed by atoms with Gasteiger partial charge < -0.3 is 5.11 Å². The third-order valence-electron chi connectivity index (χ3n) is 3.11. The third kappa shape index (κ3) is 2.10. The topological polar surface area (TPSA) is 20.2 Å². The zero-order valence-corrected chi connectivity index (χ0v) is 9.70. The van der Waals surface area contributed by atoms with Gasteiger partial charge in [-0.15, -0.1) is 0 Å². The number of phenols is 1. The van der Waals surface area contributed by atoms with Crippen molar-refractivity contribution in [2.45, 2.75) is 6.18 Å². The van der Waals surface area contributed by atoms with Crippen molar-refractivity contribution in [3.05, 3.63) is 54.1 Å². The summed E-state index contributed by atoms with van der Waals surface area (Å²) < 4.78 is 37.9. The molecule has 0 aliphatic heterocycles. The van der Waals surface area contributed by atoms with Crippen molar-refractivity contribution >= 4 is 21.5 Å². The Kier molecular flexibility index (Phi) is 2.42. The Labute approximate surface area is 106 Å². The molecular weight excluding hydrogens is 253 g/mol. The van der Waals surface area contributed by atoms with E-state index in [4.69, 9.17) is 0 Å². The number of aromatic hydroxyl groups is 1. The Morgan fingerprint density at radius 3 is 1.89 bits per heavy atom. The van der Waals surface area contributed by atoms with E-state index in [0.717, 1.165) is 22.9 Å². The molecule has 0 saturated heterocycles. The highest BCUT2D eigenvalue weighted by Crippen LogP contribution is 2.33. The van der Waals surface area contributed by atoms with Crippen LogP contribution in [-0.4, -0.2) is 5.11 Å². The Hall–Kier alpha value is -2.23. The molecule has 3 aromatic carbocycles. The van der Waals surface area contributed by atoms with Gasteiger partial charge in [0.25, 0.3) is 0 Å². The van der Waals surface area contributed by atoms with Gasteiger partial charge in [-0.2, -0.15) is 13.2 Å². The van der Waals surface area contributed by atoms with Crippen LogP contribution >= 0.6 is 0 Å². The summed E-state index contributed by atoms with van der Waals surface area (Å²) in [7, 11) is 0. The second-order valence-corrected chi connectivity index (χ2v) is 4.44. The number of rotatable bonds is 0. The summed E-state index contributed by atoms with van der Waals surface area (Å²) in [5, 5.41) is 12.2. The van der Waals surface area contributed by atoms with E-state index in [-0.39, 0.29) is 5.75 Å². The van der Waals surface area contributed by atoms with Gasteiger partial charge in [0, 0.05) is 0 Å². The molecule has 0 aromatic heterocycles. The summed E-state index contributed by atoms with van der Waals surface area (Å²) in [5.41, 5.74) is -0.655. The SMILES string of the molecule is Oc1ccc2cc3cc(C(F)(F)F)ccc3cc2c1. The lowest BCUT2D eigenvalue weighted by molar-refractivity contribution is -0.137. The van der Waals surface area contributed by atoms with E-state index in [1.165, 1.54) is 12.1 Å². The van der Waals surface area contributed by atoms with Gasteiger partial charge in [-0.1, -0.05) is 12.1 Å². The molecule has 3 aromatic rings. The minimum Gasteiger partial charge on any atom is -0.508 e. The monoisotopic (exact) mass is 262 g/mol. The normalized spacial score (nSPS) is 12.2. The molecule has 4 heteroatoms. The maximum atomic E-state index is 12.6. The minimum atomic E-state index is -4.34. The van der Waals surface area contributed by atoms with Gasteiger partial charge in [0.05, 0.1) is 5.56 Å². The summed E-state index contributed by atoms with van der Waals surface area (Å²) >= 11 is 0. The first kappa shape index (κ1) is 11.8. The van der Waals surface area contributed by atoms with Gasteiger partial charge in [-0.3, -0.25) is 0 Å².